The van der Waals surface area contributed by atoms with E-state index in [4.69, 9.17) is 16.3 Å². The Hall–Kier alpha value is -2.98. The van der Waals surface area contributed by atoms with E-state index in [1.807, 2.05) is 62.4 Å². The van der Waals surface area contributed by atoms with Gasteiger partial charge in [0.25, 0.3) is 0 Å². The maximum atomic E-state index is 6.27. The summed E-state index contributed by atoms with van der Waals surface area (Å²) in [5, 5.41) is 1.61. The molecule has 2 aromatic heterocycles. The van der Waals surface area contributed by atoms with E-state index < -0.39 is 0 Å². The van der Waals surface area contributed by atoms with Gasteiger partial charge in [0.15, 0.2) is 5.82 Å². The fourth-order valence-corrected chi connectivity index (χ4v) is 2.94. The van der Waals surface area contributed by atoms with Crippen molar-refractivity contribution >= 4 is 22.5 Å². The van der Waals surface area contributed by atoms with Crippen LogP contribution in [0.5, 0.6) is 11.6 Å². The maximum Gasteiger partial charge on any atom is 0.230 e. The number of benzene rings is 2. The van der Waals surface area contributed by atoms with E-state index in [2.05, 4.69) is 15.0 Å². The molecule has 4 nitrogen and oxygen atoms in total. The number of fused-ring (bicyclic) bond motifs is 1. The average molecular weight is 362 g/mol. The number of ether oxygens (including phenoxy) is 1. The van der Waals surface area contributed by atoms with Crippen molar-refractivity contribution < 1.29 is 4.74 Å². The lowest BCUT2D eigenvalue weighted by Crippen LogP contribution is -1.97. The van der Waals surface area contributed by atoms with Gasteiger partial charge in [-0.3, -0.25) is 4.98 Å². The van der Waals surface area contributed by atoms with E-state index in [-0.39, 0.29) is 0 Å². The lowest BCUT2D eigenvalue weighted by molar-refractivity contribution is 0.468. The first-order valence-corrected chi connectivity index (χ1v) is 8.61. The van der Waals surface area contributed by atoms with Crippen LogP contribution >= 0.6 is 11.6 Å². The van der Waals surface area contributed by atoms with Gasteiger partial charge in [0.2, 0.25) is 5.88 Å². The van der Waals surface area contributed by atoms with Crippen molar-refractivity contribution in [3.8, 4) is 23.0 Å². The molecule has 0 saturated heterocycles. The standard InChI is InChI=1S/C21H16ClN3O/c1-13-11-16(12-14(2)19(13)22)26-21-17-5-3-4-6-18(17)24-20(25-21)15-7-9-23-10-8-15/h3-12H,1-2H3. The smallest absolute Gasteiger partial charge is 0.230 e. The van der Waals surface area contributed by atoms with E-state index in [1.165, 1.54) is 0 Å². The summed E-state index contributed by atoms with van der Waals surface area (Å²) in [6, 6.07) is 15.4. The normalized spacial score (nSPS) is 10.9. The Morgan fingerprint density at radius 1 is 0.885 bits per heavy atom. The molecule has 4 rings (SSSR count). The van der Waals surface area contributed by atoms with Gasteiger partial charge in [-0.2, -0.15) is 4.98 Å². The summed E-state index contributed by atoms with van der Waals surface area (Å²) in [4.78, 5) is 13.4. The summed E-state index contributed by atoms with van der Waals surface area (Å²) < 4.78 is 6.15. The van der Waals surface area contributed by atoms with Crippen LogP contribution in [0.15, 0.2) is 60.9 Å². The predicted octanol–water partition coefficient (Wildman–Crippen LogP) is 5.75. The molecule has 0 unspecified atom stereocenters. The second kappa shape index (κ2) is 6.73. The van der Waals surface area contributed by atoms with Crippen molar-refractivity contribution in [3.05, 3.63) is 77.1 Å². The topological polar surface area (TPSA) is 47.9 Å². The molecule has 2 heterocycles. The molecule has 0 aliphatic heterocycles. The number of hydrogen-bond acceptors (Lipinski definition) is 4. The summed E-state index contributed by atoms with van der Waals surface area (Å²) in [6.07, 6.45) is 3.45. The minimum absolute atomic E-state index is 0.517. The Bertz CT molecular complexity index is 1070. The van der Waals surface area contributed by atoms with Crippen molar-refractivity contribution in [2.24, 2.45) is 0 Å². The third-order valence-corrected chi connectivity index (χ3v) is 4.73. The third-order valence-electron chi connectivity index (χ3n) is 4.13. The molecule has 5 heteroatoms. The van der Waals surface area contributed by atoms with Gasteiger partial charge in [0, 0.05) is 23.0 Å². The SMILES string of the molecule is Cc1cc(Oc2nc(-c3ccncc3)nc3ccccc23)cc(C)c1Cl. The molecule has 26 heavy (non-hydrogen) atoms. The van der Waals surface area contributed by atoms with Crippen LogP contribution < -0.4 is 4.74 Å². The first kappa shape index (κ1) is 16.5. The summed E-state index contributed by atoms with van der Waals surface area (Å²) in [6.45, 7) is 3.92. The second-order valence-electron chi connectivity index (χ2n) is 6.08. The highest BCUT2D eigenvalue weighted by atomic mass is 35.5. The molecule has 0 spiro atoms. The first-order chi connectivity index (χ1) is 12.6. The summed E-state index contributed by atoms with van der Waals surface area (Å²) >= 11 is 6.27. The fourth-order valence-electron chi connectivity index (χ4n) is 2.83. The lowest BCUT2D eigenvalue weighted by atomic mass is 10.1. The highest BCUT2D eigenvalue weighted by molar-refractivity contribution is 6.32. The largest absolute Gasteiger partial charge is 0.438 e. The Morgan fingerprint density at radius 2 is 1.58 bits per heavy atom. The van der Waals surface area contributed by atoms with Gasteiger partial charge in [-0.25, -0.2) is 4.98 Å². The van der Waals surface area contributed by atoms with E-state index in [0.29, 0.717) is 17.5 Å². The van der Waals surface area contributed by atoms with Gasteiger partial charge in [0.05, 0.1) is 10.9 Å². The second-order valence-corrected chi connectivity index (χ2v) is 6.46. The van der Waals surface area contributed by atoms with Gasteiger partial charge in [-0.15, -0.1) is 0 Å². The summed E-state index contributed by atoms with van der Waals surface area (Å²) in [7, 11) is 0. The lowest BCUT2D eigenvalue weighted by Gasteiger charge is -2.12. The van der Waals surface area contributed by atoms with Gasteiger partial charge in [0.1, 0.15) is 5.75 Å². The minimum atomic E-state index is 0.517. The molecule has 0 fully saturated rings. The van der Waals surface area contributed by atoms with Crippen LogP contribution in [-0.4, -0.2) is 15.0 Å². The van der Waals surface area contributed by atoms with E-state index in [1.54, 1.807) is 12.4 Å². The molecule has 0 N–H and O–H groups in total. The fraction of sp³-hybridized carbons (Fsp3) is 0.0952. The molecule has 128 valence electrons. The van der Waals surface area contributed by atoms with Crippen molar-refractivity contribution in [3.63, 3.8) is 0 Å². The van der Waals surface area contributed by atoms with Crippen molar-refractivity contribution in [2.45, 2.75) is 13.8 Å². The first-order valence-electron chi connectivity index (χ1n) is 8.23. The number of halogens is 1. The Kier molecular flexibility index (Phi) is 4.27. The van der Waals surface area contributed by atoms with Gasteiger partial charge in [-0.1, -0.05) is 23.7 Å². The molecule has 0 bridgehead atoms. The quantitative estimate of drug-likeness (QED) is 0.466. The zero-order valence-electron chi connectivity index (χ0n) is 14.4. The minimum Gasteiger partial charge on any atom is -0.438 e. The number of aromatic nitrogens is 3. The summed E-state index contributed by atoms with van der Waals surface area (Å²) in [5.41, 5.74) is 3.65. The number of rotatable bonds is 3. The van der Waals surface area contributed by atoms with Crippen LogP contribution in [0.2, 0.25) is 5.02 Å². The monoisotopic (exact) mass is 361 g/mol. The molecule has 0 radical (unpaired) electrons. The number of aryl methyl sites for hydroxylation is 2. The van der Waals surface area contributed by atoms with Crippen molar-refractivity contribution in [1.29, 1.82) is 0 Å². The molecule has 0 aliphatic carbocycles. The molecular weight excluding hydrogens is 346 g/mol. The highest BCUT2D eigenvalue weighted by Crippen LogP contribution is 2.32. The highest BCUT2D eigenvalue weighted by Gasteiger charge is 2.12. The molecule has 0 saturated carbocycles. The number of nitrogens with zero attached hydrogens (tertiary/aromatic N) is 3. The van der Waals surface area contributed by atoms with E-state index in [9.17, 15) is 0 Å². The van der Waals surface area contributed by atoms with Crippen LogP contribution in [0.4, 0.5) is 0 Å². The van der Waals surface area contributed by atoms with Crippen LogP contribution in [0, 0.1) is 13.8 Å². The average Bonchev–Trinajstić information content (AvgIpc) is 2.66. The van der Waals surface area contributed by atoms with E-state index >= 15 is 0 Å². The Balaban J connectivity index is 1.86. The zero-order valence-corrected chi connectivity index (χ0v) is 15.2. The molecule has 4 aromatic rings. The summed E-state index contributed by atoms with van der Waals surface area (Å²) in [5.74, 6) is 1.82. The molecular formula is C21H16ClN3O. The Labute approximate surface area is 156 Å². The van der Waals surface area contributed by atoms with E-state index in [0.717, 1.165) is 32.6 Å². The van der Waals surface area contributed by atoms with Gasteiger partial charge < -0.3 is 4.74 Å². The number of pyridine rings is 1. The van der Waals surface area contributed by atoms with Crippen LogP contribution in [0.1, 0.15) is 11.1 Å². The third kappa shape index (κ3) is 3.11. The maximum absolute atomic E-state index is 6.27. The van der Waals surface area contributed by atoms with Gasteiger partial charge in [-0.05, 0) is 61.4 Å². The predicted molar refractivity (Wildman–Crippen MR) is 104 cm³/mol. The van der Waals surface area contributed by atoms with Crippen molar-refractivity contribution in [1.82, 2.24) is 15.0 Å². The van der Waals surface area contributed by atoms with Gasteiger partial charge >= 0.3 is 0 Å². The number of para-hydroxylation sites is 1. The van der Waals surface area contributed by atoms with Crippen LogP contribution in [-0.2, 0) is 0 Å². The Morgan fingerprint density at radius 3 is 2.31 bits per heavy atom. The molecule has 0 amide bonds. The van der Waals surface area contributed by atoms with Crippen molar-refractivity contribution in [2.75, 3.05) is 0 Å². The van der Waals surface area contributed by atoms with Crippen LogP contribution in [0.3, 0.4) is 0 Å². The number of hydrogen-bond donors (Lipinski definition) is 0. The molecule has 0 aliphatic rings. The molecule has 0 atom stereocenters. The van der Waals surface area contributed by atoms with Crippen LogP contribution in [0.25, 0.3) is 22.3 Å². The molecule has 2 aromatic carbocycles. The zero-order chi connectivity index (χ0) is 18.1.